The van der Waals surface area contributed by atoms with Crippen LogP contribution in [0.1, 0.15) is 64.7 Å². The Morgan fingerprint density at radius 1 is 1.00 bits per heavy atom. The Hall–Kier alpha value is -0.440. The third-order valence-corrected chi connectivity index (χ3v) is 5.42. The number of hydrogen-bond acceptors (Lipinski definition) is 1. The van der Waals surface area contributed by atoms with Gasteiger partial charge in [0, 0.05) is 6.42 Å². The SMILES string of the molecule is C=CC1CCC(CC(F)(F)OCC2CCC(C)CC2)CC1. The average Bonchev–Trinajstić information content (AvgIpc) is 2.47. The van der Waals surface area contributed by atoms with Gasteiger partial charge in [-0.05, 0) is 62.2 Å². The molecule has 0 heterocycles. The van der Waals surface area contributed by atoms with Crippen molar-refractivity contribution in [1.29, 1.82) is 0 Å². The second-order valence-electron chi connectivity index (χ2n) is 7.29. The van der Waals surface area contributed by atoms with Gasteiger partial charge in [-0.2, -0.15) is 8.78 Å². The van der Waals surface area contributed by atoms with Crippen LogP contribution in [0.25, 0.3) is 0 Å². The summed E-state index contributed by atoms with van der Waals surface area (Å²) in [4.78, 5) is 0. The van der Waals surface area contributed by atoms with Crippen molar-refractivity contribution in [1.82, 2.24) is 0 Å². The van der Waals surface area contributed by atoms with Crippen LogP contribution in [0.2, 0.25) is 0 Å². The minimum atomic E-state index is -2.94. The summed E-state index contributed by atoms with van der Waals surface area (Å²) < 4.78 is 33.0. The van der Waals surface area contributed by atoms with Crippen LogP contribution in [0.3, 0.4) is 0 Å². The molecule has 2 aliphatic carbocycles. The second kappa shape index (κ2) is 7.71. The minimum Gasteiger partial charge on any atom is -0.320 e. The zero-order valence-electron chi connectivity index (χ0n) is 13.3. The van der Waals surface area contributed by atoms with Crippen molar-refractivity contribution >= 4 is 0 Å². The van der Waals surface area contributed by atoms with E-state index in [0.717, 1.165) is 57.3 Å². The molecule has 0 amide bonds. The minimum absolute atomic E-state index is 0.0972. The van der Waals surface area contributed by atoms with Gasteiger partial charge in [0.25, 0.3) is 0 Å². The van der Waals surface area contributed by atoms with E-state index in [9.17, 15) is 8.78 Å². The molecule has 0 radical (unpaired) electrons. The monoisotopic (exact) mass is 300 g/mol. The standard InChI is InChI=1S/C18H30F2O/c1-3-15-8-10-16(11-9-15)12-18(19,20)21-13-17-6-4-14(2)5-7-17/h3,14-17H,1,4-13H2,2H3. The van der Waals surface area contributed by atoms with Crippen molar-refractivity contribution < 1.29 is 13.5 Å². The highest BCUT2D eigenvalue weighted by molar-refractivity contribution is 4.84. The van der Waals surface area contributed by atoms with Crippen molar-refractivity contribution in [2.45, 2.75) is 70.8 Å². The van der Waals surface area contributed by atoms with Crippen LogP contribution in [0.15, 0.2) is 12.7 Å². The highest BCUT2D eigenvalue weighted by Gasteiger charge is 2.36. The van der Waals surface area contributed by atoms with E-state index in [4.69, 9.17) is 4.74 Å². The molecule has 0 unspecified atom stereocenters. The maximum atomic E-state index is 14.0. The Balaban J connectivity index is 1.68. The first kappa shape index (κ1) is 16.9. The van der Waals surface area contributed by atoms with Crippen LogP contribution in [0.4, 0.5) is 8.78 Å². The van der Waals surface area contributed by atoms with Gasteiger partial charge in [0.1, 0.15) is 0 Å². The van der Waals surface area contributed by atoms with Gasteiger partial charge in [0.15, 0.2) is 0 Å². The lowest BCUT2D eigenvalue weighted by Crippen LogP contribution is -2.30. The van der Waals surface area contributed by atoms with Gasteiger partial charge < -0.3 is 4.74 Å². The first-order valence-electron chi connectivity index (χ1n) is 8.63. The molecule has 0 aromatic rings. The summed E-state index contributed by atoms with van der Waals surface area (Å²) in [6, 6.07) is 0. The van der Waals surface area contributed by atoms with E-state index in [2.05, 4.69) is 13.5 Å². The second-order valence-corrected chi connectivity index (χ2v) is 7.29. The lowest BCUT2D eigenvalue weighted by molar-refractivity contribution is -0.256. The third-order valence-electron chi connectivity index (χ3n) is 5.42. The van der Waals surface area contributed by atoms with E-state index in [0.29, 0.717) is 11.8 Å². The van der Waals surface area contributed by atoms with Gasteiger partial charge >= 0.3 is 6.11 Å². The van der Waals surface area contributed by atoms with E-state index < -0.39 is 6.11 Å². The summed E-state index contributed by atoms with van der Waals surface area (Å²) in [5.74, 6) is 1.73. The van der Waals surface area contributed by atoms with Crippen molar-refractivity contribution in [2.24, 2.45) is 23.7 Å². The quantitative estimate of drug-likeness (QED) is 0.563. The fraction of sp³-hybridized carbons (Fsp3) is 0.889. The predicted molar refractivity (Wildman–Crippen MR) is 82.3 cm³/mol. The molecule has 3 heteroatoms. The van der Waals surface area contributed by atoms with Crippen LogP contribution in [-0.2, 0) is 4.74 Å². The van der Waals surface area contributed by atoms with Gasteiger partial charge in [-0.25, -0.2) is 0 Å². The molecule has 0 atom stereocenters. The molecule has 0 aliphatic heterocycles. The molecule has 0 N–H and O–H groups in total. The van der Waals surface area contributed by atoms with E-state index >= 15 is 0 Å². The molecule has 0 spiro atoms. The highest BCUT2D eigenvalue weighted by Crippen LogP contribution is 2.37. The number of ether oxygens (including phenoxy) is 1. The number of alkyl halides is 2. The molecule has 0 bridgehead atoms. The fourth-order valence-electron chi connectivity index (χ4n) is 3.76. The summed E-state index contributed by atoms with van der Waals surface area (Å²) in [6.45, 7) is 6.28. The van der Waals surface area contributed by atoms with Crippen molar-refractivity contribution in [3.63, 3.8) is 0 Å². The van der Waals surface area contributed by atoms with E-state index in [-0.39, 0.29) is 18.9 Å². The van der Waals surface area contributed by atoms with Gasteiger partial charge in [0.05, 0.1) is 6.61 Å². The summed E-state index contributed by atoms with van der Waals surface area (Å²) in [6.07, 6.45) is 7.12. The van der Waals surface area contributed by atoms with Gasteiger partial charge in [-0.1, -0.05) is 25.8 Å². The largest absolute Gasteiger partial charge is 0.356 e. The molecular formula is C18H30F2O. The van der Waals surface area contributed by atoms with Crippen LogP contribution in [0, 0.1) is 23.7 Å². The summed E-state index contributed by atoms with van der Waals surface area (Å²) in [5, 5.41) is 0. The average molecular weight is 300 g/mol. The number of allylic oxidation sites excluding steroid dienone is 1. The molecule has 0 saturated heterocycles. The van der Waals surface area contributed by atoms with Gasteiger partial charge in [-0.3, -0.25) is 0 Å². The smallest absolute Gasteiger partial charge is 0.320 e. The summed E-state index contributed by atoms with van der Waals surface area (Å²) >= 11 is 0. The van der Waals surface area contributed by atoms with Gasteiger partial charge in [-0.15, -0.1) is 6.58 Å². The molecule has 2 aliphatic rings. The Morgan fingerprint density at radius 2 is 1.57 bits per heavy atom. The van der Waals surface area contributed by atoms with Crippen LogP contribution >= 0.6 is 0 Å². The molecular weight excluding hydrogens is 270 g/mol. The first-order valence-corrected chi connectivity index (χ1v) is 8.63. The highest BCUT2D eigenvalue weighted by atomic mass is 19.3. The fourth-order valence-corrected chi connectivity index (χ4v) is 3.76. The summed E-state index contributed by atoms with van der Waals surface area (Å²) in [7, 11) is 0. The van der Waals surface area contributed by atoms with Gasteiger partial charge in [0.2, 0.25) is 0 Å². The van der Waals surface area contributed by atoms with E-state index in [1.807, 2.05) is 6.08 Å². The van der Waals surface area contributed by atoms with Crippen molar-refractivity contribution in [2.75, 3.05) is 6.61 Å². The normalized spacial score (nSPS) is 34.6. The Labute approximate surface area is 128 Å². The lowest BCUT2D eigenvalue weighted by atomic mass is 9.80. The van der Waals surface area contributed by atoms with Crippen LogP contribution in [-0.4, -0.2) is 12.7 Å². The molecule has 0 aromatic heterocycles. The maximum absolute atomic E-state index is 14.0. The first-order chi connectivity index (χ1) is 9.98. The Morgan fingerprint density at radius 3 is 2.14 bits per heavy atom. The van der Waals surface area contributed by atoms with E-state index in [1.54, 1.807) is 0 Å². The number of hydrogen-bond donors (Lipinski definition) is 0. The van der Waals surface area contributed by atoms with Crippen LogP contribution in [0.5, 0.6) is 0 Å². The molecule has 2 saturated carbocycles. The van der Waals surface area contributed by atoms with Crippen LogP contribution < -0.4 is 0 Å². The Kier molecular flexibility index (Phi) is 6.21. The molecule has 0 aromatic carbocycles. The maximum Gasteiger partial charge on any atom is 0.356 e. The van der Waals surface area contributed by atoms with E-state index in [1.165, 1.54) is 0 Å². The molecule has 122 valence electrons. The van der Waals surface area contributed by atoms with Crippen molar-refractivity contribution in [3.8, 4) is 0 Å². The third kappa shape index (κ3) is 5.69. The molecule has 21 heavy (non-hydrogen) atoms. The predicted octanol–water partition coefficient (Wildman–Crippen LogP) is 5.80. The topological polar surface area (TPSA) is 9.23 Å². The lowest BCUT2D eigenvalue weighted by Gasteiger charge is -2.31. The number of halogens is 2. The summed E-state index contributed by atoms with van der Waals surface area (Å²) in [5.41, 5.74) is 0. The zero-order chi connectivity index (χ0) is 15.3. The molecule has 2 fully saturated rings. The van der Waals surface area contributed by atoms with Crippen molar-refractivity contribution in [3.05, 3.63) is 12.7 Å². The number of rotatable bonds is 6. The molecule has 1 nitrogen and oxygen atoms in total. The Bertz CT molecular complexity index is 313. The zero-order valence-corrected chi connectivity index (χ0v) is 13.3. The molecule has 2 rings (SSSR count).